The first-order chi connectivity index (χ1) is 5.49. The van der Waals surface area contributed by atoms with Gasteiger partial charge in [0.25, 0.3) is 0 Å². The number of hydrogen-bond donors (Lipinski definition) is 3. The summed E-state index contributed by atoms with van der Waals surface area (Å²) in [7, 11) is 0. The third-order valence-electron chi connectivity index (χ3n) is 1.53. The van der Waals surface area contributed by atoms with Crippen LogP contribution in [0.15, 0.2) is 11.1 Å². The van der Waals surface area contributed by atoms with Gasteiger partial charge in [-0.1, -0.05) is 5.57 Å². The fourth-order valence-corrected chi connectivity index (χ4v) is 0.678. The fraction of sp³-hybridized carbons (Fsp3) is 0.625. The van der Waals surface area contributed by atoms with Crippen LogP contribution in [-0.4, -0.2) is 28.8 Å². The molecule has 0 aromatic carbocycles. The highest BCUT2D eigenvalue weighted by Gasteiger charge is 2.14. The van der Waals surface area contributed by atoms with Gasteiger partial charge >= 0.3 is 0 Å². The SMILES string of the molecule is CC(C)=C([C]=O)CC(O)C(N)O. The Balaban J connectivity index is 4.23. The average molecular weight is 172 g/mol. The zero-order valence-electron chi connectivity index (χ0n) is 7.24. The van der Waals surface area contributed by atoms with Crippen LogP contribution in [0.2, 0.25) is 0 Å². The molecule has 0 aliphatic heterocycles. The van der Waals surface area contributed by atoms with Gasteiger partial charge in [-0.05, 0) is 13.8 Å². The molecule has 0 aromatic heterocycles. The molecule has 0 heterocycles. The molecule has 0 saturated carbocycles. The maximum Gasteiger partial charge on any atom is 0.229 e. The molecular weight excluding hydrogens is 158 g/mol. The van der Waals surface area contributed by atoms with E-state index in [1.165, 1.54) is 0 Å². The molecule has 0 saturated heterocycles. The summed E-state index contributed by atoms with van der Waals surface area (Å²) in [6.45, 7) is 3.46. The molecule has 2 unspecified atom stereocenters. The highest BCUT2D eigenvalue weighted by Crippen LogP contribution is 2.09. The Morgan fingerprint density at radius 3 is 2.25 bits per heavy atom. The monoisotopic (exact) mass is 172 g/mol. The highest BCUT2D eigenvalue weighted by atomic mass is 16.3. The van der Waals surface area contributed by atoms with Gasteiger partial charge in [-0.3, -0.25) is 4.79 Å². The zero-order valence-corrected chi connectivity index (χ0v) is 7.24. The van der Waals surface area contributed by atoms with Crippen molar-refractivity contribution in [1.82, 2.24) is 0 Å². The molecule has 0 fully saturated rings. The molecule has 0 amide bonds. The lowest BCUT2D eigenvalue weighted by molar-refractivity contribution is 0.0250. The lowest BCUT2D eigenvalue weighted by Crippen LogP contribution is -2.34. The topological polar surface area (TPSA) is 83.5 Å². The Hall–Kier alpha value is -0.710. The molecule has 4 heteroatoms. The van der Waals surface area contributed by atoms with E-state index in [-0.39, 0.29) is 6.42 Å². The van der Waals surface area contributed by atoms with Crippen molar-refractivity contribution in [2.24, 2.45) is 5.73 Å². The first kappa shape index (κ1) is 11.3. The Morgan fingerprint density at radius 1 is 1.50 bits per heavy atom. The van der Waals surface area contributed by atoms with E-state index in [9.17, 15) is 4.79 Å². The summed E-state index contributed by atoms with van der Waals surface area (Å²) in [6, 6.07) is 0. The lowest BCUT2D eigenvalue weighted by Gasteiger charge is -2.13. The quantitative estimate of drug-likeness (QED) is 0.393. The van der Waals surface area contributed by atoms with E-state index < -0.39 is 12.3 Å². The van der Waals surface area contributed by atoms with Crippen molar-refractivity contribution in [3.63, 3.8) is 0 Å². The van der Waals surface area contributed by atoms with Crippen LogP contribution < -0.4 is 5.73 Å². The summed E-state index contributed by atoms with van der Waals surface area (Å²) in [4.78, 5) is 10.3. The molecule has 1 radical (unpaired) electrons. The number of nitrogens with two attached hydrogens (primary N) is 1. The molecule has 4 nitrogen and oxygen atoms in total. The Kier molecular flexibility index (Phi) is 4.73. The van der Waals surface area contributed by atoms with Crippen molar-refractivity contribution in [1.29, 1.82) is 0 Å². The van der Waals surface area contributed by atoms with Crippen molar-refractivity contribution < 1.29 is 15.0 Å². The minimum absolute atomic E-state index is 0.0451. The third-order valence-corrected chi connectivity index (χ3v) is 1.53. The molecule has 4 N–H and O–H groups in total. The van der Waals surface area contributed by atoms with Crippen molar-refractivity contribution >= 4 is 6.29 Å². The summed E-state index contributed by atoms with van der Waals surface area (Å²) < 4.78 is 0. The normalized spacial score (nSPS) is 15.1. The zero-order chi connectivity index (χ0) is 9.72. The van der Waals surface area contributed by atoms with E-state index >= 15 is 0 Å². The minimum atomic E-state index is -1.31. The molecule has 2 atom stereocenters. The smallest absolute Gasteiger partial charge is 0.229 e. The van der Waals surface area contributed by atoms with Crippen LogP contribution >= 0.6 is 0 Å². The summed E-state index contributed by atoms with van der Waals surface area (Å²) in [6.07, 6.45) is -0.678. The van der Waals surface area contributed by atoms with E-state index in [2.05, 4.69) is 0 Å². The van der Waals surface area contributed by atoms with E-state index in [1.54, 1.807) is 20.1 Å². The van der Waals surface area contributed by atoms with Gasteiger partial charge in [0.2, 0.25) is 6.29 Å². The van der Waals surface area contributed by atoms with Gasteiger partial charge in [0.15, 0.2) is 0 Å². The maximum atomic E-state index is 10.3. The second-order valence-corrected chi connectivity index (χ2v) is 2.84. The summed E-state index contributed by atoms with van der Waals surface area (Å²) in [5, 5.41) is 17.8. The Bertz CT molecular complexity index is 183. The Labute approximate surface area is 71.7 Å². The van der Waals surface area contributed by atoms with Crippen LogP contribution in [0.1, 0.15) is 20.3 Å². The van der Waals surface area contributed by atoms with Crippen molar-refractivity contribution in [3.8, 4) is 0 Å². The number of carbonyl (C=O) groups excluding carboxylic acids is 1. The van der Waals surface area contributed by atoms with Crippen molar-refractivity contribution in [2.75, 3.05) is 0 Å². The third kappa shape index (κ3) is 3.61. The molecule has 69 valence electrons. The molecular formula is C8H14NO3. The van der Waals surface area contributed by atoms with Crippen LogP contribution in [0.5, 0.6) is 0 Å². The molecule has 0 aromatic rings. The predicted octanol–water partition coefficient (Wildman–Crippen LogP) is -0.539. The predicted molar refractivity (Wildman–Crippen MR) is 44.9 cm³/mol. The van der Waals surface area contributed by atoms with Crippen LogP contribution in [-0.2, 0) is 4.79 Å². The van der Waals surface area contributed by atoms with E-state index in [1.807, 2.05) is 0 Å². The molecule has 12 heavy (non-hydrogen) atoms. The van der Waals surface area contributed by atoms with Gasteiger partial charge in [-0.15, -0.1) is 0 Å². The summed E-state index contributed by atoms with van der Waals surface area (Å²) in [5.74, 6) is 0. The van der Waals surface area contributed by atoms with E-state index in [0.717, 1.165) is 5.57 Å². The van der Waals surface area contributed by atoms with Gasteiger partial charge in [0.05, 0.1) is 6.10 Å². The maximum absolute atomic E-state index is 10.3. The standard InChI is InChI=1S/C8H14NO3/c1-5(2)6(4-10)3-7(11)8(9)12/h7-8,11-12H,3,9H2,1-2H3. The number of hydrogen-bond acceptors (Lipinski definition) is 4. The molecule has 0 spiro atoms. The second-order valence-electron chi connectivity index (χ2n) is 2.84. The minimum Gasteiger partial charge on any atom is -0.389 e. The summed E-state index contributed by atoms with van der Waals surface area (Å²) in [5.41, 5.74) is 6.11. The van der Waals surface area contributed by atoms with Gasteiger partial charge in [0, 0.05) is 12.0 Å². The first-order valence-electron chi connectivity index (χ1n) is 3.65. The Morgan fingerprint density at radius 2 is 2.00 bits per heavy atom. The van der Waals surface area contributed by atoms with E-state index in [4.69, 9.17) is 15.9 Å². The van der Waals surface area contributed by atoms with Crippen molar-refractivity contribution in [2.45, 2.75) is 32.6 Å². The van der Waals surface area contributed by atoms with Crippen molar-refractivity contribution in [3.05, 3.63) is 11.1 Å². The van der Waals surface area contributed by atoms with E-state index in [0.29, 0.717) is 5.57 Å². The number of allylic oxidation sites excluding steroid dienone is 1. The van der Waals surface area contributed by atoms with Crippen LogP contribution in [0, 0.1) is 0 Å². The number of aliphatic hydroxyl groups is 2. The molecule has 0 aliphatic rings. The van der Waals surface area contributed by atoms with Gasteiger partial charge in [-0.2, -0.15) is 0 Å². The van der Waals surface area contributed by atoms with Crippen LogP contribution in [0.4, 0.5) is 0 Å². The van der Waals surface area contributed by atoms with Crippen LogP contribution in [0.25, 0.3) is 0 Å². The molecule has 0 bridgehead atoms. The van der Waals surface area contributed by atoms with Gasteiger partial charge in [-0.25, -0.2) is 0 Å². The molecule has 0 rings (SSSR count). The molecule has 0 aliphatic carbocycles. The van der Waals surface area contributed by atoms with Gasteiger partial charge < -0.3 is 15.9 Å². The first-order valence-corrected chi connectivity index (χ1v) is 3.65. The highest BCUT2D eigenvalue weighted by molar-refractivity contribution is 5.75. The number of aliphatic hydroxyl groups excluding tert-OH is 2. The largest absolute Gasteiger partial charge is 0.389 e. The van der Waals surface area contributed by atoms with Crippen LogP contribution in [0.3, 0.4) is 0 Å². The van der Waals surface area contributed by atoms with Gasteiger partial charge in [0.1, 0.15) is 6.23 Å². The lowest BCUT2D eigenvalue weighted by atomic mass is 10.0. The summed E-state index contributed by atoms with van der Waals surface area (Å²) >= 11 is 0. The fourth-order valence-electron chi connectivity index (χ4n) is 0.678. The number of rotatable bonds is 4. The second kappa shape index (κ2) is 5.03. The average Bonchev–Trinajstić information content (AvgIpc) is 1.98.